The first-order valence-electron chi connectivity index (χ1n) is 5.49. The molecule has 1 aromatic carbocycles. The first kappa shape index (κ1) is 12.7. The largest absolute Gasteiger partial charge is 0.497 e. The summed E-state index contributed by atoms with van der Waals surface area (Å²) in [5.41, 5.74) is 5.80. The van der Waals surface area contributed by atoms with Crippen molar-refractivity contribution < 1.29 is 14.7 Å². The maximum atomic E-state index is 8.60. The van der Waals surface area contributed by atoms with Crippen molar-refractivity contribution in [3.63, 3.8) is 0 Å². The highest BCUT2D eigenvalue weighted by atomic mass is 16.5. The minimum Gasteiger partial charge on any atom is -0.497 e. The molecule has 6 heteroatoms. The summed E-state index contributed by atoms with van der Waals surface area (Å²) < 4.78 is 10.8. The molecule has 6 nitrogen and oxygen atoms in total. The number of oxime groups is 1. The lowest BCUT2D eigenvalue weighted by atomic mass is 10.3. The van der Waals surface area contributed by atoms with E-state index in [1.165, 1.54) is 6.20 Å². The molecular weight excluding hydrogens is 246 g/mol. The zero-order chi connectivity index (χ0) is 13.7. The van der Waals surface area contributed by atoms with Gasteiger partial charge in [0, 0.05) is 18.3 Å². The molecule has 0 saturated heterocycles. The molecule has 2 rings (SSSR count). The van der Waals surface area contributed by atoms with Crippen molar-refractivity contribution in [2.24, 2.45) is 10.9 Å². The monoisotopic (exact) mass is 259 g/mol. The number of amidine groups is 1. The SMILES string of the molecule is COc1cccc(Oc2ccnc(C(N)=NO)c2)c1. The Hall–Kier alpha value is -2.76. The summed E-state index contributed by atoms with van der Waals surface area (Å²) in [6.45, 7) is 0. The number of hydrogen-bond donors (Lipinski definition) is 2. The van der Waals surface area contributed by atoms with Gasteiger partial charge in [-0.1, -0.05) is 11.2 Å². The van der Waals surface area contributed by atoms with Crippen LogP contribution in [0.5, 0.6) is 17.2 Å². The predicted molar refractivity (Wildman–Crippen MR) is 69.8 cm³/mol. The van der Waals surface area contributed by atoms with Gasteiger partial charge in [-0.25, -0.2) is 0 Å². The van der Waals surface area contributed by atoms with Crippen LogP contribution in [0, 0.1) is 0 Å². The average Bonchev–Trinajstić information content (AvgIpc) is 2.47. The Morgan fingerprint density at radius 3 is 2.68 bits per heavy atom. The predicted octanol–water partition coefficient (Wildman–Crippen LogP) is 1.98. The smallest absolute Gasteiger partial charge is 0.188 e. The van der Waals surface area contributed by atoms with Crippen LogP contribution in [0.1, 0.15) is 5.69 Å². The molecule has 0 bridgehead atoms. The minimum atomic E-state index is -0.0731. The fourth-order valence-corrected chi connectivity index (χ4v) is 1.47. The number of nitrogens with two attached hydrogens (primary N) is 1. The third-order valence-electron chi connectivity index (χ3n) is 2.38. The van der Waals surface area contributed by atoms with Crippen molar-refractivity contribution >= 4 is 5.84 Å². The second kappa shape index (κ2) is 5.72. The van der Waals surface area contributed by atoms with E-state index < -0.39 is 0 Å². The van der Waals surface area contributed by atoms with Crippen LogP contribution >= 0.6 is 0 Å². The zero-order valence-electron chi connectivity index (χ0n) is 10.3. The van der Waals surface area contributed by atoms with Crippen LogP contribution in [-0.2, 0) is 0 Å². The summed E-state index contributed by atoms with van der Waals surface area (Å²) in [5, 5.41) is 11.5. The molecule has 2 aromatic rings. The number of aromatic nitrogens is 1. The summed E-state index contributed by atoms with van der Waals surface area (Å²) in [4.78, 5) is 3.97. The molecule has 0 aliphatic carbocycles. The van der Waals surface area contributed by atoms with Gasteiger partial charge in [0.05, 0.1) is 7.11 Å². The van der Waals surface area contributed by atoms with Crippen LogP contribution in [0.25, 0.3) is 0 Å². The fraction of sp³-hybridized carbons (Fsp3) is 0.0769. The second-order valence-corrected chi connectivity index (χ2v) is 3.64. The molecule has 0 amide bonds. The van der Waals surface area contributed by atoms with Gasteiger partial charge in [0.15, 0.2) is 5.84 Å². The Morgan fingerprint density at radius 2 is 1.95 bits per heavy atom. The van der Waals surface area contributed by atoms with Crippen molar-refractivity contribution in [3.05, 3.63) is 48.3 Å². The second-order valence-electron chi connectivity index (χ2n) is 3.64. The molecule has 3 N–H and O–H groups in total. The van der Waals surface area contributed by atoms with Gasteiger partial charge in [-0.3, -0.25) is 4.98 Å². The number of nitrogens with zero attached hydrogens (tertiary/aromatic N) is 2. The van der Waals surface area contributed by atoms with Gasteiger partial charge < -0.3 is 20.4 Å². The molecular formula is C13H13N3O3. The Labute approximate surface area is 110 Å². The molecule has 0 radical (unpaired) electrons. The lowest BCUT2D eigenvalue weighted by molar-refractivity contribution is 0.318. The lowest BCUT2D eigenvalue weighted by Gasteiger charge is -2.08. The van der Waals surface area contributed by atoms with Crippen LogP contribution in [-0.4, -0.2) is 23.1 Å². The number of rotatable bonds is 4. The summed E-state index contributed by atoms with van der Waals surface area (Å²) in [7, 11) is 1.59. The first-order chi connectivity index (χ1) is 9.22. The summed E-state index contributed by atoms with van der Waals surface area (Å²) in [5.74, 6) is 1.78. The van der Waals surface area contributed by atoms with E-state index in [-0.39, 0.29) is 5.84 Å². The highest BCUT2D eigenvalue weighted by Crippen LogP contribution is 2.25. The van der Waals surface area contributed by atoms with E-state index in [2.05, 4.69) is 10.1 Å². The van der Waals surface area contributed by atoms with Crippen LogP contribution in [0.4, 0.5) is 0 Å². The fourth-order valence-electron chi connectivity index (χ4n) is 1.47. The van der Waals surface area contributed by atoms with Crippen LogP contribution < -0.4 is 15.2 Å². The van der Waals surface area contributed by atoms with Gasteiger partial charge in [0.25, 0.3) is 0 Å². The molecule has 0 saturated carbocycles. The van der Waals surface area contributed by atoms with Crippen molar-refractivity contribution in [1.29, 1.82) is 0 Å². The molecule has 0 aliphatic rings. The maximum Gasteiger partial charge on any atom is 0.188 e. The minimum absolute atomic E-state index is 0.0731. The molecule has 0 aliphatic heterocycles. The van der Waals surface area contributed by atoms with Gasteiger partial charge in [-0.05, 0) is 18.2 Å². The highest BCUT2D eigenvalue weighted by Gasteiger charge is 2.04. The quantitative estimate of drug-likeness (QED) is 0.379. The summed E-state index contributed by atoms with van der Waals surface area (Å²) in [6.07, 6.45) is 1.52. The first-order valence-corrected chi connectivity index (χ1v) is 5.49. The average molecular weight is 259 g/mol. The molecule has 0 spiro atoms. The van der Waals surface area contributed by atoms with Crippen molar-refractivity contribution in [3.8, 4) is 17.2 Å². The Morgan fingerprint density at radius 1 is 1.21 bits per heavy atom. The van der Waals surface area contributed by atoms with Crippen molar-refractivity contribution in [2.45, 2.75) is 0 Å². The van der Waals surface area contributed by atoms with Crippen molar-refractivity contribution in [1.82, 2.24) is 4.98 Å². The van der Waals surface area contributed by atoms with Gasteiger partial charge in [-0.2, -0.15) is 0 Å². The van der Waals surface area contributed by atoms with Gasteiger partial charge in [0.2, 0.25) is 0 Å². The standard InChI is InChI=1S/C13H13N3O3/c1-18-9-3-2-4-10(7-9)19-11-5-6-15-12(8-11)13(14)16-17/h2-8,17H,1H3,(H2,14,16). The van der Waals surface area contributed by atoms with E-state index in [0.717, 1.165) is 0 Å². The maximum absolute atomic E-state index is 8.60. The number of ether oxygens (including phenoxy) is 2. The Bertz CT molecular complexity index is 599. The Kier molecular flexibility index (Phi) is 3.82. The summed E-state index contributed by atoms with van der Waals surface area (Å²) in [6, 6.07) is 10.4. The third kappa shape index (κ3) is 3.12. The molecule has 0 unspecified atom stereocenters. The topological polar surface area (TPSA) is 90.0 Å². The molecule has 19 heavy (non-hydrogen) atoms. The molecule has 0 fully saturated rings. The van der Waals surface area contributed by atoms with Crippen LogP contribution in [0.15, 0.2) is 47.8 Å². The van der Waals surface area contributed by atoms with Crippen LogP contribution in [0.2, 0.25) is 0 Å². The molecule has 1 aromatic heterocycles. The summed E-state index contributed by atoms with van der Waals surface area (Å²) >= 11 is 0. The molecule has 1 heterocycles. The molecule has 0 atom stereocenters. The number of pyridine rings is 1. The molecule has 98 valence electrons. The van der Waals surface area contributed by atoms with Gasteiger partial charge in [0.1, 0.15) is 22.9 Å². The van der Waals surface area contributed by atoms with E-state index in [1.54, 1.807) is 31.4 Å². The van der Waals surface area contributed by atoms with Gasteiger partial charge >= 0.3 is 0 Å². The number of hydrogen-bond acceptors (Lipinski definition) is 5. The van der Waals surface area contributed by atoms with E-state index in [0.29, 0.717) is 22.9 Å². The number of methoxy groups -OCH3 is 1. The number of benzene rings is 1. The van der Waals surface area contributed by atoms with Crippen molar-refractivity contribution in [2.75, 3.05) is 7.11 Å². The Balaban J connectivity index is 2.23. The van der Waals surface area contributed by atoms with E-state index >= 15 is 0 Å². The normalized spacial score (nSPS) is 11.1. The zero-order valence-corrected chi connectivity index (χ0v) is 10.3. The van der Waals surface area contributed by atoms with Crippen LogP contribution in [0.3, 0.4) is 0 Å². The van der Waals surface area contributed by atoms with E-state index in [4.69, 9.17) is 20.4 Å². The lowest BCUT2D eigenvalue weighted by Crippen LogP contribution is -2.14. The highest BCUT2D eigenvalue weighted by molar-refractivity contribution is 5.95. The van der Waals surface area contributed by atoms with Gasteiger partial charge in [-0.15, -0.1) is 0 Å². The van der Waals surface area contributed by atoms with E-state index in [9.17, 15) is 0 Å². The third-order valence-corrected chi connectivity index (χ3v) is 2.38. The van der Waals surface area contributed by atoms with E-state index in [1.807, 2.05) is 12.1 Å².